The molecule has 0 rings (SSSR count). The molecular weight excluding hydrogens is 151 g/mol. The summed E-state index contributed by atoms with van der Waals surface area (Å²) in [5.41, 5.74) is 0. The molecule has 0 spiro atoms. The molecule has 0 amide bonds. The van der Waals surface area contributed by atoms with Crippen LogP contribution in [0.5, 0.6) is 0 Å². The van der Waals surface area contributed by atoms with Gasteiger partial charge in [-0.3, -0.25) is 0 Å². The molecule has 0 aliphatic heterocycles. The zero-order valence-corrected chi connectivity index (χ0v) is 8.58. The zero-order chi connectivity index (χ0) is 7.66. The number of hydrogen-bond acceptors (Lipinski definition) is 2. The van der Waals surface area contributed by atoms with Gasteiger partial charge in [0.05, 0.1) is 0 Å². The Morgan fingerprint density at radius 1 is 1.27 bits per heavy atom. The van der Waals surface area contributed by atoms with E-state index in [9.17, 15) is 0 Å². The third-order valence-electron chi connectivity index (χ3n) is 1.18. The zero-order valence-electron chi connectivity index (χ0n) is 7.77. The normalized spacial score (nSPS) is 9.27. The molecule has 3 heteroatoms. The molecule has 0 N–H and O–H groups in total. The molecule has 0 saturated heterocycles. The van der Waals surface area contributed by atoms with Crippen LogP contribution in [0.15, 0.2) is 0 Å². The monoisotopic (exact) mass is 168 g/mol. The van der Waals surface area contributed by atoms with Crippen molar-refractivity contribution < 1.29 is 23.6 Å². The fourth-order valence-electron chi connectivity index (χ4n) is 0.655. The first-order valence-corrected chi connectivity index (χ1v) is 5.17. The number of ether oxygens (including phenoxy) is 1. The Labute approximate surface area is 86.8 Å². The van der Waals surface area contributed by atoms with E-state index >= 15 is 0 Å². The molecule has 11 heavy (non-hydrogen) atoms. The van der Waals surface area contributed by atoms with Crippen LogP contribution in [0.2, 0.25) is 0 Å². The van der Waals surface area contributed by atoms with Crippen molar-refractivity contribution in [3.8, 4) is 0 Å². The molecule has 0 unspecified atom stereocenters. The Bertz CT molecular complexity index is 54.1. The molecule has 0 radical (unpaired) electrons. The summed E-state index contributed by atoms with van der Waals surface area (Å²) in [7, 11) is 0. The van der Waals surface area contributed by atoms with E-state index in [1.807, 2.05) is 11.8 Å². The second-order valence-electron chi connectivity index (χ2n) is 2.17. The first kappa shape index (κ1) is 14.4. The van der Waals surface area contributed by atoms with Gasteiger partial charge in [-0.2, -0.15) is 18.2 Å². The SMILES string of the molecule is [CH2-]CCOCCCCSC.[Li+]. The summed E-state index contributed by atoms with van der Waals surface area (Å²) in [6, 6.07) is 0. The number of thioether (sulfide) groups is 1. The van der Waals surface area contributed by atoms with Gasteiger partial charge < -0.3 is 11.7 Å². The van der Waals surface area contributed by atoms with Gasteiger partial charge in [0.15, 0.2) is 0 Å². The molecule has 0 aromatic rings. The second-order valence-corrected chi connectivity index (χ2v) is 3.15. The van der Waals surface area contributed by atoms with Crippen molar-refractivity contribution in [1.29, 1.82) is 0 Å². The topological polar surface area (TPSA) is 9.23 Å². The third kappa shape index (κ3) is 13.8. The van der Waals surface area contributed by atoms with Crippen LogP contribution in [0.1, 0.15) is 19.3 Å². The van der Waals surface area contributed by atoms with Crippen molar-refractivity contribution in [3.63, 3.8) is 0 Å². The van der Waals surface area contributed by atoms with Crippen LogP contribution in [-0.2, 0) is 4.74 Å². The largest absolute Gasteiger partial charge is 1.00 e. The molecule has 0 aromatic carbocycles. The summed E-state index contributed by atoms with van der Waals surface area (Å²) < 4.78 is 5.26. The van der Waals surface area contributed by atoms with Gasteiger partial charge in [0, 0.05) is 13.2 Å². The van der Waals surface area contributed by atoms with Crippen molar-refractivity contribution in [2.24, 2.45) is 0 Å². The van der Waals surface area contributed by atoms with E-state index < -0.39 is 0 Å². The van der Waals surface area contributed by atoms with Crippen LogP contribution < -0.4 is 18.9 Å². The Hall–Kier alpha value is 0.907. The summed E-state index contributed by atoms with van der Waals surface area (Å²) in [6.07, 6.45) is 5.50. The third-order valence-corrected chi connectivity index (χ3v) is 1.87. The Morgan fingerprint density at radius 3 is 2.55 bits per heavy atom. The van der Waals surface area contributed by atoms with E-state index in [1.165, 1.54) is 18.6 Å². The molecule has 62 valence electrons. The van der Waals surface area contributed by atoms with E-state index in [0.717, 1.165) is 19.6 Å². The predicted octanol–water partition coefficient (Wildman–Crippen LogP) is -0.626. The van der Waals surface area contributed by atoms with Crippen molar-refractivity contribution in [1.82, 2.24) is 0 Å². The maximum absolute atomic E-state index is 5.26. The van der Waals surface area contributed by atoms with Gasteiger partial charge in [0.1, 0.15) is 0 Å². The minimum Gasteiger partial charge on any atom is -0.384 e. The molecule has 0 aliphatic rings. The first-order chi connectivity index (χ1) is 4.91. The molecule has 0 atom stereocenters. The summed E-state index contributed by atoms with van der Waals surface area (Å²) in [5.74, 6) is 1.26. The first-order valence-electron chi connectivity index (χ1n) is 3.77. The van der Waals surface area contributed by atoms with Gasteiger partial charge in [-0.05, 0) is 24.9 Å². The van der Waals surface area contributed by atoms with Crippen LogP contribution in [0.4, 0.5) is 0 Å². The van der Waals surface area contributed by atoms with Crippen LogP contribution in [-0.4, -0.2) is 25.2 Å². The minimum absolute atomic E-state index is 0. The van der Waals surface area contributed by atoms with E-state index in [4.69, 9.17) is 4.74 Å². The van der Waals surface area contributed by atoms with Crippen LogP contribution in [0.3, 0.4) is 0 Å². The molecule has 0 bridgehead atoms. The number of unbranched alkanes of at least 4 members (excludes halogenated alkanes) is 1. The summed E-state index contributed by atoms with van der Waals surface area (Å²) >= 11 is 1.90. The van der Waals surface area contributed by atoms with Gasteiger partial charge in [-0.25, -0.2) is 0 Å². The molecule has 0 fully saturated rings. The summed E-state index contributed by atoms with van der Waals surface area (Å²) in [5, 5.41) is 0. The van der Waals surface area contributed by atoms with E-state index in [0.29, 0.717) is 0 Å². The van der Waals surface area contributed by atoms with Crippen molar-refractivity contribution in [2.45, 2.75) is 19.3 Å². The van der Waals surface area contributed by atoms with Crippen molar-refractivity contribution in [2.75, 3.05) is 25.2 Å². The van der Waals surface area contributed by atoms with Gasteiger partial charge >= 0.3 is 18.9 Å². The van der Waals surface area contributed by atoms with E-state index in [2.05, 4.69) is 13.2 Å². The van der Waals surface area contributed by atoms with Gasteiger partial charge in [0.25, 0.3) is 0 Å². The molecule has 1 nitrogen and oxygen atoms in total. The quantitative estimate of drug-likeness (QED) is 0.284. The number of rotatable bonds is 7. The fourth-order valence-corrected chi connectivity index (χ4v) is 1.15. The van der Waals surface area contributed by atoms with E-state index in [1.54, 1.807) is 0 Å². The van der Waals surface area contributed by atoms with Crippen LogP contribution >= 0.6 is 11.8 Å². The molecule has 0 aromatic heterocycles. The predicted molar refractivity (Wildman–Crippen MR) is 48.4 cm³/mol. The van der Waals surface area contributed by atoms with Crippen LogP contribution in [0.25, 0.3) is 0 Å². The molecular formula is C8H17LiOS. The van der Waals surface area contributed by atoms with Gasteiger partial charge in [-0.15, -0.1) is 0 Å². The minimum atomic E-state index is 0. The molecule has 0 heterocycles. The van der Waals surface area contributed by atoms with E-state index in [-0.39, 0.29) is 18.9 Å². The van der Waals surface area contributed by atoms with Gasteiger partial charge in [-0.1, -0.05) is 0 Å². The van der Waals surface area contributed by atoms with Crippen LogP contribution in [0, 0.1) is 6.92 Å². The maximum Gasteiger partial charge on any atom is 1.00 e. The maximum atomic E-state index is 5.26. The van der Waals surface area contributed by atoms with Crippen molar-refractivity contribution in [3.05, 3.63) is 6.92 Å². The average Bonchev–Trinajstić information content (AvgIpc) is 1.97. The standard InChI is InChI=1S/C8H17OS.Li/c1-3-6-9-7-4-5-8-10-2;/h1,3-8H2,2H3;/q-1;+1. The average molecular weight is 168 g/mol. The smallest absolute Gasteiger partial charge is 0.384 e. The number of hydrogen-bond donors (Lipinski definition) is 0. The summed E-state index contributed by atoms with van der Waals surface area (Å²) in [6.45, 7) is 5.42. The molecule has 0 saturated carbocycles. The Balaban J connectivity index is 0. The van der Waals surface area contributed by atoms with Crippen molar-refractivity contribution >= 4 is 11.8 Å². The summed E-state index contributed by atoms with van der Waals surface area (Å²) in [4.78, 5) is 0. The fraction of sp³-hybridized carbons (Fsp3) is 0.875. The second kappa shape index (κ2) is 13.5. The Kier molecular flexibility index (Phi) is 17.7. The Morgan fingerprint density at radius 2 is 2.00 bits per heavy atom. The van der Waals surface area contributed by atoms with Gasteiger partial charge in [0.2, 0.25) is 0 Å². The molecule has 0 aliphatic carbocycles.